The van der Waals surface area contributed by atoms with E-state index in [1.54, 1.807) is 65.3 Å². The van der Waals surface area contributed by atoms with Crippen molar-refractivity contribution in [3.05, 3.63) is 48.5 Å². The highest BCUT2D eigenvalue weighted by Gasteiger charge is 2.00. The van der Waals surface area contributed by atoms with E-state index in [9.17, 15) is 0 Å². The number of methoxy groups -OCH3 is 2. The smallest absolute Gasteiger partial charge is 0.118 e. The van der Waals surface area contributed by atoms with Crippen molar-refractivity contribution < 1.29 is 9.47 Å². The van der Waals surface area contributed by atoms with Crippen LogP contribution in [0.4, 0.5) is 0 Å². The number of hydrogen-bond acceptors (Lipinski definition) is 7. The summed E-state index contributed by atoms with van der Waals surface area (Å²) in [5, 5.41) is 0. The quantitative estimate of drug-likeness (QED) is 0.385. The molecule has 0 saturated heterocycles. The van der Waals surface area contributed by atoms with Crippen molar-refractivity contribution in [2.45, 2.75) is 9.79 Å². The number of benzene rings is 2. The van der Waals surface area contributed by atoms with Crippen LogP contribution in [0.1, 0.15) is 0 Å². The predicted octanol–water partition coefficient (Wildman–Crippen LogP) is 6.45. The lowest BCUT2D eigenvalue weighted by Crippen LogP contribution is -1.80. The summed E-state index contributed by atoms with van der Waals surface area (Å²) in [5.41, 5.74) is 0. The van der Waals surface area contributed by atoms with Gasteiger partial charge in [-0.05, 0) is 99.6 Å². The van der Waals surface area contributed by atoms with Crippen LogP contribution in [0, 0.1) is 0 Å². The lowest BCUT2D eigenvalue weighted by Gasteiger charge is -2.03. The lowest BCUT2D eigenvalue weighted by atomic mass is 10.3. The second kappa shape index (κ2) is 9.74. The second-order valence-corrected chi connectivity index (χ2v) is 11.3. The highest BCUT2D eigenvalue weighted by Crippen LogP contribution is 2.52. The number of hydrogen-bond donors (Lipinski definition) is 0. The molecular weight excluding hydrogens is 360 g/mol. The van der Waals surface area contributed by atoms with Crippen molar-refractivity contribution in [3.8, 4) is 11.5 Å². The molecule has 112 valence electrons. The molecule has 0 atom stereocenters. The van der Waals surface area contributed by atoms with Crippen LogP contribution in [-0.2, 0) is 0 Å². The van der Waals surface area contributed by atoms with E-state index in [0.29, 0.717) is 0 Å². The molecule has 2 aromatic carbocycles. The Balaban J connectivity index is 1.64. The van der Waals surface area contributed by atoms with E-state index in [0.717, 1.165) is 11.5 Å². The van der Waals surface area contributed by atoms with Gasteiger partial charge in [-0.2, -0.15) is 0 Å². The summed E-state index contributed by atoms with van der Waals surface area (Å²) in [6.45, 7) is 0. The summed E-state index contributed by atoms with van der Waals surface area (Å²) in [6, 6.07) is 16.2. The van der Waals surface area contributed by atoms with Gasteiger partial charge < -0.3 is 9.47 Å². The van der Waals surface area contributed by atoms with Gasteiger partial charge in [0, 0.05) is 9.79 Å². The van der Waals surface area contributed by atoms with Crippen LogP contribution < -0.4 is 9.47 Å². The molecule has 0 amide bonds. The Kier molecular flexibility index (Phi) is 7.95. The average Bonchev–Trinajstić information content (AvgIpc) is 2.55. The molecule has 0 aromatic heterocycles. The van der Waals surface area contributed by atoms with Crippen molar-refractivity contribution in [2.24, 2.45) is 0 Å². The van der Waals surface area contributed by atoms with Gasteiger partial charge in [-0.25, -0.2) is 0 Å². The number of ether oxygens (including phenoxy) is 2. The molecule has 0 aliphatic heterocycles. The fourth-order valence-electron chi connectivity index (χ4n) is 1.38. The van der Waals surface area contributed by atoms with Gasteiger partial charge in [0.15, 0.2) is 0 Å². The van der Waals surface area contributed by atoms with E-state index < -0.39 is 0 Å². The van der Waals surface area contributed by atoms with Crippen molar-refractivity contribution in [3.63, 3.8) is 0 Å². The molecule has 0 saturated carbocycles. The average molecular weight is 375 g/mol. The summed E-state index contributed by atoms with van der Waals surface area (Å²) in [6.07, 6.45) is 0. The minimum Gasteiger partial charge on any atom is -0.497 e. The molecule has 7 heteroatoms. The second-order valence-electron chi connectivity index (χ2n) is 3.72. The van der Waals surface area contributed by atoms with Gasteiger partial charge in [0.05, 0.1) is 14.2 Å². The Bertz CT molecular complexity index is 481. The Hall–Kier alpha value is -0.210. The van der Waals surface area contributed by atoms with Crippen molar-refractivity contribution >= 4 is 51.1 Å². The van der Waals surface area contributed by atoms with Crippen molar-refractivity contribution in [1.29, 1.82) is 0 Å². The van der Waals surface area contributed by atoms with Gasteiger partial charge in [0.1, 0.15) is 11.5 Å². The molecule has 2 aromatic rings. The zero-order valence-corrected chi connectivity index (χ0v) is 15.6. The van der Waals surface area contributed by atoms with Crippen LogP contribution in [0.3, 0.4) is 0 Å². The van der Waals surface area contributed by atoms with E-state index in [1.807, 2.05) is 24.3 Å². The van der Waals surface area contributed by atoms with Gasteiger partial charge in [-0.15, -0.1) is 0 Å². The number of rotatable bonds is 8. The fraction of sp³-hybridized carbons (Fsp3) is 0.143. The van der Waals surface area contributed by atoms with Gasteiger partial charge in [0.25, 0.3) is 0 Å². The topological polar surface area (TPSA) is 18.5 Å². The molecule has 0 heterocycles. The molecular formula is C14H14O2S5. The molecule has 0 bridgehead atoms. The molecule has 0 aliphatic carbocycles. The van der Waals surface area contributed by atoms with Crippen LogP contribution in [0.25, 0.3) is 0 Å². The molecule has 0 unspecified atom stereocenters. The minimum atomic E-state index is 0.890. The SMILES string of the molecule is COc1ccc(SSSSSc2ccc(OC)cc2)cc1. The van der Waals surface area contributed by atoms with Crippen LogP contribution in [0.2, 0.25) is 0 Å². The van der Waals surface area contributed by atoms with Crippen LogP contribution >= 0.6 is 51.1 Å². The first-order valence-corrected chi connectivity index (χ1v) is 12.1. The molecule has 0 fully saturated rings. The van der Waals surface area contributed by atoms with E-state index in [2.05, 4.69) is 24.3 Å². The summed E-state index contributed by atoms with van der Waals surface area (Å²) < 4.78 is 10.3. The van der Waals surface area contributed by atoms with Gasteiger partial charge in [0.2, 0.25) is 0 Å². The lowest BCUT2D eigenvalue weighted by molar-refractivity contribution is 0.414. The van der Waals surface area contributed by atoms with E-state index in [1.165, 1.54) is 9.79 Å². The summed E-state index contributed by atoms with van der Waals surface area (Å²) in [7, 11) is 12.1. The van der Waals surface area contributed by atoms with Crippen molar-refractivity contribution in [1.82, 2.24) is 0 Å². The standard InChI is InChI=1S/C14H14O2S5/c1-15-11-3-7-13(8-4-11)17-19-21-20-18-14-9-5-12(16-2)6-10-14/h3-10H,1-2H3. The molecule has 0 N–H and O–H groups in total. The molecule has 2 nitrogen and oxygen atoms in total. The Labute approximate surface area is 144 Å². The first-order valence-electron chi connectivity index (χ1n) is 5.94. The summed E-state index contributed by atoms with van der Waals surface area (Å²) in [5.74, 6) is 1.78. The zero-order chi connectivity index (χ0) is 14.9. The maximum Gasteiger partial charge on any atom is 0.118 e. The monoisotopic (exact) mass is 374 g/mol. The maximum atomic E-state index is 5.14. The van der Waals surface area contributed by atoms with Gasteiger partial charge >= 0.3 is 0 Å². The zero-order valence-electron chi connectivity index (χ0n) is 11.5. The maximum absolute atomic E-state index is 5.14. The Morgan fingerprint density at radius 3 is 1.29 bits per heavy atom. The van der Waals surface area contributed by atoms with Crippen molar-refractivity contribution in [2.75, 3.05) is 14.2 Å². The third-order valence-electron chi connectivity index (χ3n) is 2.43. The first-order chi connectivity index (χ1) is 10.3. The third-order valence-corrected chi connectivity index (χ3v) is 10.7. The minimum absolute atomic E-state index is 0.890. The molecule has 2 rings (SSSR count). The Morgan fingerprint density at radius 2 is 0.952 bits per heavy atom. The van der Waals surface area contributed by atoms with E-state index >= 15 is 0 Å². The highest BCUT2D eigenvalue weighted by molar-refractivity contribution is 9.35. The van der Waals surface area contributed by atoms with E-state index in [-0.39, 0.29) is 0 Å². The van der Waals surface area contributed by atoms with Crippen LogP contribution in [0.5, 0.6) is 11.5 Å². The molecule has 0 aliphatic rings. The Morgan fingerprint density at radius 1 is 0.571 bits per heavy atom. The van der Waals surface area contributed by atoms with Gasteiger partial charge in [-0.3, -0.25) is 0 Å². The largest absolute Gasteiger partial charge is 0.497 e. The summed E-state index contributed by atoms with van der Waals surface area (Å²) >= 11 is 0. The normalized spacial score (nSPS) is 10.4. The highest BCUT2D eigenvalue weighted by atomic mass is 33.8. The van der Waals surface area contributed by atoms with Gasteiger partial charge in [-0.1, -0.05) is 0 Å². The van der Waals surface area contributed by atoms with E-state index in [4.69, 9.17) is 9.47 Å². The fourth-order valence-corrected chi connectivity index (χ4v) is 9.55. The predicted molar refractivity (Wildman–Crippen MR) is 100 cm³/mol. The van der Waals surface area contributed by atoms with Crippen LogP contribution in [0.15, 0.2) is 58.3 Å². The third kappa shape index (κ3) is 6.20. The molecule has 0 radical (unpaired) electrons. The summed E-state index contributed by atoms with van der Waals surface area (Å²) in [4.78, 5) is 2.45. The van der Waals surface area contributed by atoms with Crippen LogP contribution in [-0.4, -0.2) is 14.2 Å². The molecule has 21 heavy (non-hydrogen) atoms. The first kappa shape index (κ1) is 17.1. The molecule has 0 spiro atoms.